The quantitative estimate of drug-likeness (QED) is 0.668. The molecule has 2 aromatic heterocycles. The third kappa shape index (κ3) is 1.60. The molecule has 3 rings (SSSR count). The lowest BCUT2D eigenvalue weighted by atomic mass is 10.1. The molecule has 0 spiro atoms. The van der Waals surface area contributed by atoms with Gasteiger partial charge in [0, 0.05) is 17.3 Å². The molecule has 0 radical (unpaired) electrons. The van der Waals surface area contributed by atoms with E-state index in [9.17, 15) is 0 Å². The zero-order chi connectivity index (χ0) is 11.7. The number of benzene rings is 1. The van der Waals surface area contributed by atoms with E-state index in [4.69, 9.17) is 0 Å². The van der Waals surface area contributed by atoms with Crippen LogP contribution in [0.2, 0.25) is 0 Å². The van der Waals surface area contributed by atoms with E-state index in [1.54, 1.807) is 10.8 Å². The van der Waals surface area contributed by atoms with Crippen molar-refractivity contribution in [1.82, 2.24) is 14.8 Å². The minimum atomic E-state index is 0.958. The molecule has 0 unspecified atom stereocenters. The van der Waals surface area contributed by atoms with Crippen LogP contribution in [0.25, 0.3) is 16.8 Å². The van der Waals surface area contributed by atoms with E-state index in [1.165, 1.54) is 5.56 Å². The maximum absolute atomic E-state index is 4.56. The number of hydrogen-bond acceptors (Lipinski definition) is 2. The summed E-state index contributed by atoms with van der Waals surface area (Å²) in [6.45, 7) is 2.15. The van der Waals surface area contributed by atoms with Crippen molar-refractivity contribution in [3.8, 4) is 11.3 Å². The Morgan fingerprint density at radius 2 is 1.88 bits per heavy atom. The van der Waals surface area contributed by atoms with Crippen molar-refractivity contribution in [3.05, 3.63) is 54.2 Å². The Morgan fingerprint density at radius 3 is 2.65 bits per heavy atom. The second-order valence-corrected chi connectivity index (χ2v) is 3.95. The number of fused-ring (bicyclic) bond motifs is 1. The van der Waals surface area contributed by atoms with Gasteiger partial charge in [0.05, 0.1) is 11.2 Å². The predicted molar refractivity (Wildman–Crippen MR) is 67.8 cm³/mol. The van der Waals surface area contributed by atoms with Crippen molar-refractivity contribution in [2.75, 3.05) is 0 Å². The van der Waals surface area contributed by atoms with Crippen LogP contribution >= 0.6 is 0 Å². The van der Waals surface area contributed by atoms with E-state index in [0.717, 1.165) is 23.2 Å². The average molecular weight is 223 g/mol. The van der Waals surface area contributed by atoms with E-state index in [-0.39, 0.29) is 0 Å². The largest absolute Gasteiger partial charge is 0.159 e. The fraction of sp³-hybridized carbons (Fsp3) is 0.143. The fourth-order valence-electron chi connectivity index (χ4n) is 2.12. The van der Waals surface area contributed by atoms with Crippen LogP contribution in [0.5, 0.6) is 0 Å². The normalized spacial score (nSPS) is 10.9. The van der Waals surface area contributed by atoms with Gasteiger partial charge in [-0.2, -0.15) is 9.73 Å². The second-order valence-electron chi connectivity index (χ2n) is 3.95. The van der Waals surface area contributed by atoms with Crippen LogP contribution in [0, 0.1) is 0 Å². The van der Waals surface area contributed by atoms with E-state index >= 15 is 0 Å². The van der Waals surface area contributed by atoms with Gasteiger partial charge in [-0.15, -0.1) is 5.10 Å². The molecule has 0 N–H and O–H groups in total. The Hall–Kier alpha value is -2.16. The van der Waals surface area contributed by atoms with Gasteiger partial charge >= 0.3 is 0 Å². The van der Waals surface area contributed by atoms with E-state index in [1.807, 2.05) is 24.3 Å². The van der Waals surface area contributed by atoms with Gasteiger partial charge in [0.1, 0.15) is 0 Å². The molecule has 0 aliphatic rings. The molecule has 0 bridgehead atoms. The highest BCUT2D eigenvalue weighted by Crippen LogP contribution is 2.25. The van der Waals surface area contributed by atoms with Crippen molar-refractivity contribution in [2.45, 2.75) is 13.3 Å². The maximum atomic E-state index is 4.56. The summed E-state index contributed by atoms with van der Waals surface area (Å²) in [6, 6.07) is 14.3. The smallest absolute Gasteiger partial charge is 0.0983 e. The van der Waals surface area contributed by atoms with Crippen molar-refractivity contribution in [3.63, 3.8) is 0 Å². The summed E-state index contributed by atoms with van der Waals surface area (Å²) >= 11 is 0. The minimum absolute atomic E-state index is 0.958. The van der Waals surface area contributed by atoms with Gasteiger partial charge in [0.25, 0.3) is 0 Å². The van der Waals surface area contributed by atoms with Crippen molar-refractivity contribution < 1.29 is 0 Å². The second kappa shape index (κ2) is 4.01. The lowest BCUT2D eigenvalue weighted by Gasteiger charge is -1.98. The highest BCUT2D eigenvalue weighted by atomic mass is 15.4. The minimum Gasteiger partial charge on any atom is -0.159 e. The lowest BCUT2D eigenvalue weighted by molar-refractivity contribution is 0.803. The first kappa shape index (κ1) is 10.0. The third-order valence-corrected chi connectivity index (χ3v) is 2.92. The first-order chi connectivity index (χ1) is 8.40. The Morgan fingerprint density at radius 1 is 1.06 bits per heavy atom. The van der Waals surface area contributed by atoms with Crippen molar-refractivity contribution >= 4 is 5.52 Å². The molecule has 1 aromatic carbocycles. The predicted octanol–water partition coefficient (Wildman–Crippen LogP) is 2.96. The summed E-state index contributed by atoms with van der Waals surface area (Å²) in [5, 5.41) is 8.80. The molecule has 0 aliphatic carbocycles. The van der Waals surface area contributed by atoms with Crippen LogP contribution in [0.15, 0.2) is 48.7 Å². The number of hydrogen-bond donors (Lipinski definition) is 0. The molecule has 0 amide bonds. The summed E-state index contributed by atoms with van der Waals surface area (Å²) in [5.41, 5.74) is 4.53. The third-order valence-electron chi connectivity index (χ3n) is 2.92. The molecule has 3 heteroatoms. The molecular formula is C14H13N3. The number of rotatable bonds is 2. The van der Waals surface area contributed by atoms with Crippen LogP contribution in [0.3, 0.4) is 0 Å². The first-order valence-corrected chi connectivity index (χ1v) is 5.78. The number of aromatic nitrogens is 3. The van der Waals surface area contributed by atoms with Gasteiger partial charge in [0.2, 0.25) is 0 Å². The molecule has 17 heavy (non-hydrogen) atoms. The van der Waals surface area contributed by atoms with E-state index in [0.29, 0.717) is 0 Å². The summed E-state index contributed by atoms with van der Waals surface area (Å²) in [6.07, 6.45) is 2.72. The molecular weight excluding hydrogens is 210 g/mol. The lowest BCUT2D eigenvalue weighted by Crippen LogP contribution is -1.91. The zero-order valence-corrected chi connectivity index (χ0v) is 9.67. The zero-order valence-electron chi connectivity index (χ0n) is 9.67. The topological polar surface area (TPSA) is 30.2 Å². The van der Waals surface area contributed by atoms with E-state index in [2.05, 4.69) is 35.3 Å². The van der Waals surface area contributed by atoms with E-state index < -0.39 is 0 Å². The van der Waals surface area contributed by atoms with Crippen molar-refractivity contribution in [1.29, 1.82) is 0 Å². The summed E-state index contributed by atoms with van der Waals surface area (Å²) < 4.78 is 1.71. The molecule has 84 valence electrons. The van der Waals surface area contributed by atoms with Gasteiger partial charge < -0.3 is 0 Å². The van der Waals surface area contributed by atoms with Crippen LogP contribution in [-0.2, 0) is 6.42 Å². The Labute approximate surface area is 99.7 Å². The standard InChI is InChI=1S/C14H13N3/c1-2-12-13-9-6-10-15-17(13)16-14(12)11-7-4-3-5-8-11/h3-10H,2H2,1H3. The highest BCUT2D eigenvalue weighted by molar-refractivity contribution is 5.72. The molecule has 0 saturated carbocycles. The summed E-state index contributed by atoms with van der Waals surface area (Å²) in [5.74, 6) is 0. The van der Waals surface area contributed by atoms with Crippen LogP contribution in [0.4, 0.5) is 0 Å². The molecule has 0 saturated heterocycles. The molecule has 0 aliphatic heterocycles. The molecule has 0 atom stereocenters. The van der Waals surface area contributed by atoms with Gasteiger partial charge in [-0.1, -0.05) is 37.3 Å². The molecule has 0 fully saturated rings. The summed E-state index contributed by atoms with van der Waals surface area (Å²) in [7, 11) is 0. The molecule has 3 nitrogen and oxygen atoms in total. The van der Waals surface area contributed by atoms with Gasteiger partial charge in [0.15, 0.2) is 0 Å². The van der Waals surface area contributed by atoms with Crippen LogP contribution in [0.1, 0.15) is 12.5 Å². The Bertz CT molecular complexity index is 641. The average Bonchev–Trinajstić information content (AvgIpc) is 2.78. The number of nitrogens with zero attached hydrogens (tertiary/aromatic N) is 3. The van der Waals surface area contributed by atoms with Crippen LogP contribution < -0.4 is 0 Å². The molecule has 3 aromatic rings. The summed E-state index contributed by atoms with van der Waals surface area (Å²) in [4.78, 5) is 0. The highest BCUT2D eigenvalue weighted by Gasteiger charge is 2.12. The van der Waals surface area contributed by atoms with Crippen LogP contribution in [-0.4, -0.2) is 14.8 Å². The fourth-order valence-corrected chi connectivity index (χ4v) is 2.12. The Kier molecular flexibility index (Phi) is 2.37. The van der Waals surface area contributed by atoms with Gasteiger partial charge in [-0.05, 0) is 18.6 Å². The van der Waals surface area contributed by atoms with Gasteiger partial charge in [-0.25, -0.2) is 0 Å². The maximum Gasteiger partial charge on any atom is 0.0983 e. The SMILES string of the molecule is CCc1c(-c2ccccc2)nn2ncccc12. The number of aryl methyl sites for hydroxylation is 1. The monoisotopic (exact) mass is 223 g/mol. The van der Waals surface area contributed by atoms with Gasteiger partial charge in [-0.3, -0.25) is 0 Å². The molecule has 2 heterocycles. The first-order valence-electron chi connectivity index (χ1n) is 5.78. The van der Waals surface area contributed by atoms with Crippen molar-refractivity contribution in [2.24, 2.45) is 0 Å². The Balaban J connectivity index is 2.30.